The summed E-state index contributed by atoms with van der Waals surface area (Å²) in [6.45, 7) is 0. The Morgan fingerprint density at radius 3 is 3.12 bits per heavy atom. The number of pyridine rings is 1. The van der Waals surface area contributed by atoms with Gasteiger partial charge >= 0.3 is 0 Å². The van der Waals surface area contributed by atoms with Crippen LogP contribution in [0.1, 0.15) is 18.3 Å². The van der Waals surface area contributed by atoms with Gasteiger partial charge in [-0.3, -0.25) is 0 Å². The highest BCUT2D eigenvalue weighted by molar-refractivity contribution is 9.10. The van der Waals surface area contributed by atoms with Crippen molar-refractivity contribution in [3.05, 3.63) is 28.6 Å². The maximum absolute atomic E-state index is 4.44. The van der Waals surface area contributed by atoms with E-state index >= 15 is 0 Å². The molecular formula is C11H9BrN4. The predicted octanol–water partition coefficient (Wildman–Crippen LogP) is 2.22. The average Bonchev–Trinajstić information content (AvgIpc) is 2.75. The molecule has 0 bridgehead atoms. The van der Waals surface area contributed by atoms with Crippen molar-refractivity contribution >= 4 is 15.9 Å². The first-order chi connectivity index (χ1) is 7.83. The summed E-state index contributed by atoms with van der Waals surface area (Å²) < 4.78 is 3.10. The third-order valence-corrected chi connectivity index (χ3v) is 3.81. The Morgan fingerprint density at radius 2 is 2.25 bits per heavy atom. The van der Waals surface area contributed by atoms with Crippen LogP contribution in [-0.2, 0) is 6.42 Å². The Kier molecular flexibility index (Phi) is 1.61. The lowest BCUT2D eigenvalue weighted by molar-refractivity contribution is 0.747. The van der Waals surface area contributed by atoms with E-state index in [1.807, 2.05) is 18.2 Å². The highest BCUT2D eigenvalue weighted by Gasteiger charge is 2.47. The molecule has 1 aliphatic heterocycles. The van der Waals surface area contributed by atoms with E-state index in [0.29, 0.717) is 6.04 Å². The minimum atomic E-state index is 0.640. The molecule has 2 aromatic rings. The SMILES string of the molecule is Brc1cccc(-c2nnc3n2C2CC2C3)n1. The van der Waals surface area contributed by atoms with Gasteiger partial charge in [-0.25, -0.2) is 4.98 Å². The summed E-state index contributed by atoms with van der Waals surface area (Å²) in [5, 5.41) is 8.50. The Hall–Kier alpha value is -1.23. The minimum Gasteiger partial charge on any atom is -0.306 e. The zero-order valence-electron chi connectivity index (χ0n) is 8.47. The van der Waals surface area contributed by atoms with E-state index < -0.39 is 0 Å². The molecule has 0 saturated heterocycles. The summed E-state index contributed by atoms with van der Waals surface area (Å²) in [6, 6.07) is 6.52. The number of hydrogen-bond donors (Lipinski definition) is 0. The summed E-state index contributed by atoms with van der Waals surface area (Å²) in [5.41, 5.74) is 0.903. The summed E-state index contributed by atoms with van der Waals surface area (Å²) in [7, 11) is 0. The van der Waals surface area contributed by atoms with Crippen LogP contribution < -0.4 is 0 Å². The second-order valence-corrected chi connectivity index (χ2v) is 5.24. The van der Waals surface area contributed by atoms with Gasteiger partial charge in [0, 0.05) is 12.5 Å². The molecule has 3 heterocycles. The Morgan fingerprint density at radius 1 is 1.31 bits per heavy atom. The molecule has 4 rings (SSSR count). The molecule has 2 aromatic heterocycles. The van der Waals surface area contributed by atoms with Crippen molar-refractivity contribution in [2.24, 2.45) is 5.92 Å². The van der Waals surface area contributed by atoms with Gasteiger partial charge in [0.2, 0.25) is 0 Å². The highest BCUT2D eigenvalue weighted by Crippen LogP contribution is 2.52. The fraction of sp³-hybridized carbons (Fsp3) is 0.364. The second-order valence-electron chi connectivity index (χ2n) is 4.42. The fourth-order valence-corrected chi connectivity index (χ4v) is 2.86. The van der Waals surface area contributed by atoms with Crippen LogP contribution in [0.4, 0.5) is 0 Å². The largest absolute Gasteiger partial charge is 0.306 e. The van der Waals surface area contributed by atoms with Crippen LogP contribution in [0.3, 0.4) is 0 Å². The Balaban J connectivity index is 1.89. The minimum absolute atomic E-state index is 0.640. The molecule has 1 aliphatic carbocycles. The number of rotatable bonds is 1. The van der Waals surface area contributed by atoms with Crippen molar-refractivity contribution in [3.8, 4) is 11.5 Å². The molecule has 0 spiro atoms. The fourth-order valence-electron chi connectivity index (χ4n) is 2.52. The standard InChI is InChI=1S/C11H9BrN4/c12-9-3-1-2-7(13-9)11-15-14-10-5-6-4-8(6)16(10)11/h1-3,6,8H,4-5H2. The summed E-state index contributed by atoms with van der Waals surface area (Å²) in [4.78, 5) is 4.44. The first-order valence-corrected chi connectivity index (χ1v) is 6.19. The number of hydrogen-bond acceptors (Lipinski definition) is 3. The van der Waals surface area contributed by atoms with E-state index in [9.17, 15) is 0 Å². The maximum atomic E-state index is 4.44. The van der Waals surface area contributed by atoms with Gasteiger partial charge in [-0.2, -0.15) is 0 Å². The van der Waals surface area contributed by atoms with Crippen LogP contribution in [0.5, 0.6) is 0 Å². The van der Waals surface area contributed by atoms with Crippen molar-refractivity contribution in [2.75, 3.05) is 0 Å². The lowest BCUT2D eigenvalue weighted by Gasteiger charge is -2.03. The van der Waals surface area contributed by atoms with Gasteiger partial charge in [0.05, 0.1) is 0 Å². The molecule has 0 aromatic carbocycles. The van der Waals surface area contributed by atoms with Gasteiger partial charge in [0.25, 0.3) is 0 Å². The van der Waals surface area contributed by atoms with Gasteiger partial charge in [0.15, 0.2) is 5.82 Å². The molecule has 0 radical (unpaired) electrons. The normalized spacial score (nSPS) is 25.3. The van der Waals surface area contributed by atoms with E-state index in [2.05, 4.69) is 35.7 Å². The van der Waals surface area contributed by atoms with Gasteiger partial charge < -0.3 is 4.57 Å². The molecule has 1 fully saturated rings. The Bertz CT molecular complexity index is 577. The van der Waals surface area contributed by atoms with Gasteiger partial charge in [-0.05, 0) is 40.4 Å². The van der Waals surface area contributed by atoms with Crippen LogP contribution >= 0.6 is 15.9 Å². The Labute approximate surface area is 101 Å². The molecule has 2 unspecified atom stereocenters. The van der Waals surface area contributed by atoms with E-state index in [1.165, 1.54) is 6.42 Å². The van der Waals surface area contributed by atoms with E-state index in [1.54, 1.807) is 0 Å². The highest BCUT2D eigenvalue weighted by atomic mass is 79.9. The van der Waals surface area contributed by atoms with Gasteiger partial charge in [0.1, 0.15) is 16.1 Å². The average molecular weight is 277 g/mol. The van der Waals surface area contributed by atoms with Crippen molar-refractivity contribution in [1.29, 1.82) is 0 Å². The zero-order chi connectivity index (χ0) is 10.7. The number of aromatic nitrogens is 4. The molecule has 2 atom stereocenters. The van der Waals surface area contributed by atoms with Crippen molar-refractivity contribution in [3.63, 3.8) is 0 Å². The van der Waals surface area contributed by atoms with Gasteiger partial charge in [-0.1, -0.05) is 6.07 Å². The predicted molar refractivity (Wildman–Crippen MR) is 61.8 cm³/mol. The summed E-state index contributed by atoms with van der Waals surface area (Å²) >= 11 is 3.39. The molecule has 80 valence electrons. The molecule has 16 heavy (non-hydrogen) atoms. The van der Waals surface area contributed by atoms with Crippen molar-refractivity contribution in [2.45, 2.75) is 18.9 Å². The van der Waals surface area contributed by atoms with Crippen molar-refractivity contribution in [1.82, 2.24) is 19.7 Å². The number of halogens is 1. The first kappa shape index (κ1) is 8.87. The van der Waals surface area contributed by atoms with E-state index in [0.717, 1.165) is 34.3 Å². The van der Waals surface area contributed by atoms with Crippen LogP contribution in [0.25, 0.3) is 11.5 Å². The van der Waals surface area contributed by atoms with E-state index in [4.69, 9.17) is 0 Å². The molecule has 0 amide bonds. The molecule has 4 nitrogen and oxygen atoms in total. The third-order valence-electron chi connectivity index (χ3n) is 3.37. The van der Waals surface area contributed by atoms with Crippen LogP contribution in [0, 0.1) is 5.92 Å². The monoisotopic (exact) mass is 276 g/mol. The molecular weight excluding hydrogens is 268 g/mol. The van der Waals surface area contributed by atoms with Crippen LogP contribution in [0.15, 0.2) is 22.8 Å². The molecule has 0 N–H and O–H groups in total. The lowest BCUT2D eigenvalue weighted by Crippen LogP contribution is -1.99. The van der Waals surface area contributed by atoms with E-state index in [-0.39, 0.29) is 0 Å². The molecule has 1 saturated carbocycles. The maximum Gasteiger partial charge on any atom is 0.182 e. The van der Waals surface area contributed by atoms with Gasteiger partial charge in [-0.15, -0.1) is 10.2 Å². The third kappa shape index (κ3) is 1.12. The molecule has 5 heteroatoms. The second kappa shape index (κ2) is 2.91. The van der Waals surface area contributed by atoms with Crippen molar-refractivity contribution < 1.29 is 0 Å². The summed E-state index contributed by atoms with van der Waals surface area (Å²) in [6.07, 6.45) is 2.37. The molecule has 2 aliphatic rings. The van der Waals surface area contributed by atoms with Crippen LogP contribution in [0.2, 0.25) is 0 Å². The quantitative estimate of drug-likeness (QED) is 0.751. The summed E-state index contributed by atoms with van der Waals surface area (Å²) in [5.74, 6) is 2.86. The smallest absolute Gasteiger partial charge is 0.182 e. The van der Waals surface area contributed by atoms with Crippen LogP contribution in [-0.4, -0.2) is 19.7 Å². The first-order valence-electron chi connectivity index (χ1n) is 5.39. The zero-order valence-corrected chi connectivity index (χ0v) is 10.1. The lowest BCUT2D eigenvalue weighted by atomic mass is 10.3. The number of nitrogens with zero attached hydrogens (tertiary/aromatic N) is 4. The topological polar surface area (TPSA) is 43.6 Å². The number of fused-ring (bicyclic) bond motifs is 3.